The summed E-state index contributed by atoms with van der Waals surface area (Å²) < 4.78 is 25.6. The van der Waals surface area contributed by atoms with Gasteiger partial charge in [-0.15, -0.1) is 0 Å². The third-order valence-corrected chi connectivity index (χ3v) is 4.33. The lowest BCUT2D eigenvalue weighted by Crippen LogP contribution is -2.42. The van der Waals surface area contributed by atoms with Gasteiger partial charge in [0.15, 0.2) is 0 Å². The number of rotatable bonds is 7. The van der Waals surface area contributed by atoms with Crippen LogP contribution in [0.4, 0.5) is 0 Å². The van der Waals surface area contributed by atoms with Crippen molar-refractivity contribution in [2.75, 3.05) is 5.75 Å². The Kier molecular flexibility index (Phi) is 4.11. The minimum atomic E-state index is -3.71. The van der Waals surface area contributed by atoms with Gasteiger partial charge in [-0.3, -0.25) is 4.79 Å². The number of sulfonamides is 1. The van der Waals surface area contributed by atoms with Crippen molar-refractivity contribution < 1.29 is 18.3 Å². The summed E-state index contributed by atoms with van der Waals surface area (Å²) in [7, 11) is -3.71. The van der Waals surface area contributed by atoms with Gasteiger partial charge in [0.25, 0.3) is 0 Å². The topological polar surface area (TPSA) is 107 Å². The average molecular weight is 260 g/mol. The van der Waals surface area contributed by atoms with E-state index in [1.54, 1.807) is 6.92 Å². The highest BCUT2D eigenvalue weighted by Gasteiger charge is 2.47. The molecule has 7 heteroatoms. The zero-order chi connectivity index (χ0) is 13.1. The van der Waals surface area contributed by atoms with Gasteiger partial charge in [-0.05, 0) is 19.3 Å². The highest BCUT2D eigenvalue weighted by atomic mass is 32.2. The molecule has 0 amide bonds. The lowest BCUT2D eigenvalue weighted by atomic mass is 10.2. The van der Waals surface area contributed by atoms with Gasteiger partial charge >= 0.3 is 5.97 Å². The van der Waals surface area contributed by atoms with E-state index in [0.29, 0.717) is 19.3 Å². The summed E-state index contributed by atoms with van der Waals surface area (Å²) in [5.74, 6) is -1.48. The third kappa shape index (κ3) is 3.98. The van der Waals surface area contributed by atoms with Crippen LogP contribution in [0.5, 0.6) is 0 Å². The molecule has 0 saturated heterocycles. The summed E-state index contributed by atoms with van der Waals surface area (Å²) >= 11 is 0. The summed E-state index contributed by atoms with van der Waals surface area (Å²) in [5, 5.41) is 17.7. The second-order valence-corrected chi connectivity index (χ2v) is 6.20. The van der Waals surface area contributed by atoms with Crippen molar-refractivity contribution in [3.63, 3.8) is 0 Å². The number of hydrogen-bond acceptors (Lipinski definition) is 4. The van der Waals surface area contributed by atoms with E-state index in [2.05, 4.69) is 4.72 Å². The highest BCUT2D eigenvalue weighted by molar-refractivity contribution is 7.89. The van der Waals surface area contributed by atoms with Crippen LogP contribution in [0.25, 0.3) is 0 Å². The SMILES string of the molecule is CCCC(NS(=O)(=O)CC1(C#N)CC1)C(=O)O. The van der Waals surface area contributed by atoms with E-state index in [1.165, 1.54) is 0 Å². The Bertz CT molecular complexity index is 434. The molecule has 1 rings (SSSR count). The number of aliphatic carboxylic acids is 1. The molecule has 0 aromatic carbocycles. The average Bonchev–Trinajstić information content (AvgIpc) is 2.96. The maximum atomic E-state index is 11.7. The van der Waals surface area contributed by atoms with Crippen molar-refractivity contribution in [3.8, 4) is 6.07 Å². The molecular formula is C10H16N2O4S. The number of nitrogens with one attached hydrogen (secondary N) is 1. The molecule has 0 heterocycles. The van der Waals surface area contributed by atoms with E-state index < -0.39 is 27.4 Å². The van der Waals surface area contributed by atoms with Crippen LogP contribution in [-0.2, 0) is 14.8 Å². The molecule has 1 fully saturated rings. The summed E-state index contributed by atoms with van der Waals surface area (Å²) in [4.78, 5) is 10.8. The van der Waals surface area contributed by atoms with Crippen molar-refractivity contribution in [1.29, 1.82) is 5.26 Å². The van der Waals surface area contributed by atoms with Crippen LogP contribution in [-0.4, -0.2) is 31.3 Å². The molecule has 1 atom stereocenters. The molecule has 6 nitrogen and oxygen atoms in total. The Hall–Kier alpha value is -1.13. The molecule has 17 heavy (non-hydrogen) atoms. The smallest absolute Gasteiger partial charge is 0.321 e. The van der Waals surface area contributed by atoms with E-state index in [-0.39, 0.29) is 12.2 Å². The molecule has 1 aliphatic rings. The minimum Gasteiger partial charge on any atom is -0.480 e. The Morgan fingerprint density at radius 2 is 2.18 bits per heavy atom. The maximum absolute atomic E-state index is 11.7. The van der Waals surface area contributed by atoms with Crippen LogP contribution in [0, 0.1) is 16.7 Å². The monoisotopic (exact) mass is 260 g/mol. The zero-order valence-electron chi connectivity index (χ0n) is 9.64. The normalized spacial score (nSPS) is 19.3. The fourth-order valence-corrected chi connectivity index (χ4v) is 3.40. The van der Waals surface area contributed by atoms with Crippen LogP contribution in [0.1, 0.15) is 32.6 Å². The molecule has 1 saturated carbocycles. The summed E-state index contributed by atoms with van der Waals surface area (Å²) in [5.41, 5.74) is -0.791. The molecule has 1 unspecified atom stereocenters. The zero-order valence-corrected chi connectivity index (χ0v) is 10.5. The molecule has 0 aromatic rings. The first-order valence-electron chi connectivity index (χ1n) is 5.48. The van der Waals surface area contributed by atoms with Gasteiger partial charge in [-0.25, -0.2) is 13.1 Å². The molecule has 0 bridgehead atoms. The van der Waals surface area contributed by atoms with Gasteiger partial charge in [0.1, 0.15) is 6.04 Å². The first kappa shape index (κ1) is 13.9. The molecular weight excluding hydrogens is 244 g/mol. The second kappa shape index (κ2) is 5.02. The number of nitriles is 1. The van der Waals surface area contributed by atoms with Gasteiger partial charge in [0.2, 0.25) is 10.0 Å². The lowest BCUT2D eigenvalue weighted by Gasteiger charge is -2.15. The van der Waals surface area contributed by atoms with Crippen LogP contribution >= 0.6 is 0 Å². The van der Waals surface area contributed by atoms with E-state index >= 15 is 0 Å². The van der Waals surface area contributed by atoms with Crippen molar-refractivity contribution in [2.24, 2.45) is 5.41 Å². The Labute approximate surface area is 101 Å². The van der Waals surface area contributed by atoms with Crippen LogP contribution in [0.2, 0.25) is 0 Å². The molecule has 0 spiro atoms. The van der Waals surface area contributed by atoms with Crippen LogP contribution < -0.4 is 4.72 Å². The van der Waals surface area contributed by atoms with Crippen molar-refractivity contribution >= 4 is 16.0 Å². The van der Waals surface area contributed by atoms with E-state index in [0.717, 1.165) is 0 Å². The summed E-state index contributed by atoms with van der Waals surface area (Å²) in [6.45, 7) is 1.78. The molecule has 0 aliphatic heterocycles. The fourth-order valence-electron chi connectivity index (χ4n) is 1.58. The highest BCUT2D eigenvalue weighted by Crippen LogP contribution is 2.45. The molecule has 1 aliphatic carbocycles. The van der Waals surface area contributed by atoms with E-state index in [4.69, 9.17) is 10.4 Å². The van der Waals surface area contributed by atoms with Gasteiger partial charge in [0, 0.05) is 0 Å². The van der Waals surface area contributed by atoms with Crippen molar-refractivity contribution in [3.05, 3.63) is 0 Å². The number of carboxylic acid groups (broad SMARTS) is 1. The maximum Gasteiger partial charge on any atom is 0.321 e. The second-order valence-electron chi connectivity index (χ2n) is 4.45. The minimum absolute atomic E-state index is 0.244. The van der Waals surface area contributed by atoms with Crippen LogP contribution in [0.15, 0.2) is 0 Å². The quantitative estimate of drug-likeness (QED) is 0.691. The molecule has 96 valence electrons. The van der Waals surface area contributed by atoms with E-state index in [1.807, 2.05) is 6.07 Å². The first-order valence-corrected chi connectivity index (χ1v) is 7.13. The van der Waals surface area contributed by atoms with Crippen LogP contribution in [0.3, 0.4) is 0 Å². The largest absolute Gasteiger partial charge is 0.480 e. The van der Waals surface area contributed by atoms with Gasteiger partial charge in [-0.2, -0.15) is 5.26 Å². The molecule has 0 radical (unpaired) electrons. The molecule has 0 aromatic heterocycles. The number of carboxylic acids is 1. The van der Waals surface area contributed by atoms with E-state index in [9.17, 15) is 13.2 Å². The Balaban J connectivity index is 2.65. The summed E-state index contributed by atoms with van der Waals surface area (Å²) in [6.07, 6.45) is 1.95. The lowest BCUT2D eigenvalue weighted by molar-refractivity contribution is -0.139. The Morgan fingerprint density at radius 1 is 1.59 bits per heavy atom. The van der Waals surface area contributed by atoms with Crippen molar-refractivity contribution in [1.82, 2.24) is 4.72 Å². The fraction of sp³-hybridized carbons (Fsp3) is 0.800. The number of nitrogens with zero attached hydrogens (tertiary/aromatic N) is 1. The first-order chi connectivity index (χ1) is 7.84. The Morgan fingerprint density at radius 3 is 2.53 bits per heavy atom. The van der Waals surface area contributed by atoms with Gasteiger partial charge < -0.3 is 5.11 Å². The third-order valence-electron chi connectivity index (χ3n) is 2.75. The predicted octanol–water partition coefficient (Wildman–Crippen LogP) is 0.463. The predicted molar refractivity (Wildman–Crippen MR) is 60.5 cm³/mol. The van der Waals surface area contributed by atoms with Crippen molar-refractivity contribution in [2.45, 2.75) is 38.6 Å². The summed E-state index contributed by atoms with van der Waals surface area (Å²) in [6, 6.07) is 0.879. The number of carbonyl (C=O) groups is 1. The standard InChI is InChI=1S/C10H16N2O4S/c1-2-3-8(9(13)14)12-17(15,16)7-10(6-11)4-5-10/h8,12H,2-5,7H2,1H3,(H,13,14). The van der Waals surface area contributed by atoms with Gasteiger partial charge in [-0.1, -0.05) is 13.3 Å². The van der Waals surface area contributed by atoms with Gasteiger partial charge in [0.05, 0.1) is 17.2 Å². The molecule has 2 N–H and O–H groups in total. The number of hydrogen-bond donors (Lipinski definition) is 2.